The zero-order valence-corrected chi connectivity index (χ0v) is 22.4. The smallest absolute Gasteiger partial charge is 0.340 e. The summed E-state index contributed by atoms with van der Waals surface area (Å²) in [6, 6.07) is 5.64. The number of hydrogen-bond donors (Lipinski definition) is 0. The van der Waals surface area contributed by atoms with Gasteiger partial charge in [-0.05, 0) is 74.6 Å². The molecule has 7 heteroatoms. The van der Waals surface area contributed by atoms with Gasteiger partial charge in [0, 0.05) is 18.0 Å². The number of ether oxygens (including phenoxy) is 2. The predicted octanol–water partition coefficient (Wildman–Crippen LogP) is 7.93. The van der Waals surface area contributed by atoms with E-state index in [-0.39, 0.29) is 12.5 Å². The van der Waals surface area contributed by atoms with Crippen molar-refractivity contribution in [2.24, 2.45) is 5.92 Å². The van der Waals surface area contributed by atoms with Gasteiger partial charge in [0.1, 0.15) is 11.9 Å². The Morgan fingerprint density at radius 3 is 2.44 bits per heavy atom. The van der Waals surface area contributed by atoms with Gasteiger partial charge < -0.3 is 9.47 Å². The van der Waals surface area contributed by atoms with Crippen LogP contribution in [-0.4, -0.2) is 34.8 Å². The fourth-order valence-corrected chi connectivity index (χ4v) is 4.74. The Morgan fingerprint density at radius 1 is 1.06 bits per heavy atom. The molecule has 0 spiro atoms. The van der Waals surface area contributed by atoms with E-state index in [0.29, 0.717) is 35.5 Å². The molecule has 1 aromatic carbocycles. The molecule has 1 atom stereocenters. The largest absolute Gasteiger partial charge is 0.492 e. The molecule has 2 aromatic rings. The van der Waals surface area contributed by atoms with Crippen molar-refractivity contribution in [3.05, 3.63) is 41.2 Å². The number of nitrogens with zero attached hydrogens (tertiary/aromatic N) is 2. The zero-order valence-electron chi connectivity index (χ0n) is 21.7. The minimum atomic E-state index is -1.50. The predicted molar refractivity (Wildman–Crippen MR) is 142 cm³/mol. The molecule has 5 nitrogen and oxygen atoms in total. The van der Waals surface area contributed by atoms with E-state index in [9.17, 15) is 9.18 Å². The third-order valence-electron chi connectivity index (χ3n) is 6.83. The highest BCUT2D eigenvalue weighted by Crippen LogP contribution is 2.32. The molecule has 3 rings (SSSR count). The third kappa shape index (κ3) is 9.02. The zero-order chi connectivity index (χ0) is 25.8. The molecule has 1 aliphatic carbocycles. The number of rotatable bonds is 14. The number of halogens is 2. The molecule has 1 aromatic heterocycles. The van der Waals surface area contributed by atoms with Crippen LogP contribution in [0.5, 0.6) is 5.75 Å². The first kappa shape index (κ1) is 28.4. The Balaban J connectivity index is 1.42. The van der Waals surface area contributed by atoms with Crippen LogP contribution in [0.4, 0.5) is 4.39 Å². The summed E-state index contributed by atoms with van der Waals surface area (Å²) in [5, 5.41) is 0.531. The lowest BCUT2D eigenvalue weighted by molar-refractivity contribution is -0.157. The summed E-state index contributed by atoms with van der Waals surface area (Å²) in [4.78, 5) is 21.0. The molecular weight excluding hydrogens is 479 g/mol. The summed E-state index contributed by atoms with van der Waals surface area (Å²) >= 11 is 6.50. The molecule has 0 unspecified atom stereocenters. The summed E-state index contributed by atoms with van der Waals surface area (Å²) < 4.78 is 25.3. The second kappa shape index (κ2) is 15.1. The van der Waals surface area contributed by atoms with Gasteiger partial charge in [0.25, 0.3) is 0 Å². The van der Waals surface area contributed by atoms with E-state index >= 15 is 0 Å². The van der Waals surface area contributed by atoms with E-state index in [2.05, 4.69) is 16.9 Å². The maximum absolute atomic E-state index is 13.9. The monoisotopic (exact) mass is 518 g/mol. The minimum absolute atomic E-state index is 0.195. The van der Waals surface area contributed by atoms with E-state index in [4.69, 9.17) is 21.1 Å². The van der Waals surface area contributed by atoms with Crippen molar-refractivity contribution in [2.45, 2.75) is 103 Å². The van der Waals surface area contributed by atoms with Crippen LogP contribution in [0, 0.1) is 5.92 Å². The Bertz CT molecular complexity index is 933. The maximum Gasteiger partial charge on any atom is 0.340 e. The van der Waals surface area contributed by atoms with E-state index in [1.165, 1.54) is 25.7 Å². The van der Waals surface area contributed by atoms with Gasteiger partial charge >= 0.3 is 5.97 Å². The van der Waals surface area contributed by atoms with E-state index in [1.807, 2.05) is 37.5 Å². The van der Waals surface area contributed by atoms with Crippen molar-refractivity contribution in [3.8, 4) is 17.1 Å². The Kier molecular flexibility index (Phi) is 11.9. The average Bonchev–Trinajstić information content (AvgIpc) is 2.90. The van der Waals surface area contributed by atoms with Crippen molar-refractivity contribution in [2.75, 3.05) is 6.61 Å². The summed E-state index contributed by atoms with van der Waals surface area (Å²) in [6.45, 7) is 4.74. The SMILES string of the molecule is CCCCCCc1cnc(-c2ccc(OCC3CCC(OC(=O)[C@@H](F)CCCC)CC3)c(Cl)c2)nc1. The molecule has 0 saturated heterocycles. The Hall–Kier alpha value is -2.21. The number of aryl methyl sites for hydroxylation is 1. The number of alkyl halides is 1. The molecule has 0 aliphatic heterocycles. The van der Waals surface area contributed by atoms with Crippen molar-refractivity contribution >= 4 is 17.6 Å². The first-order valence-corrected chi connectivity index (χ1v) is 14.0. The van der Waals surface area contributed by atoms with Crippen LogP contribution in [0.1, 0.15) is 90.0 Å². The van der Waals surface area contributed by atoms with E-state index in [1.54, 1.807) is 0 Å². The van der Waals surface area contributed by atoms with Gasteiger partial charge in [0.2, 0.25) is 0 Å². The maximum atomic E-state index is 13.9. The van der Waals surface area contributed by atoms with Gasteiger partial charge in [-0.3, -0.25) is 0 Å². The van der Waals surface area contributed by atoms with Crippen LogP contribution in [0.25, 0.3) is 11.4 Å². The topological polar surface area (TPSA) is 61.3 Å². The molecule has 1 saturated carbocycles. The molecule has 1 heterocycles. The van der Waals surface area contributed by atoms with Gasteiger partial charge in [-0.15, -0.1) is 0 Å². The summed E-state index contributed by atoms with van der Waals surface area (Å²) in [5.41, 5.74) is 2.02. The molecule has 0 radical (unpaired) electrons. The molecular formula is C29H40ClFN2O3. The van der Waals surface area contributed by atoms with Crippen LogP contribution in [0.2, 0.25) is 5.02 Å². The van der Waals surface area contributed by atoms with E-state index < -0.39 is 12.1 Å². The van der Waals surface area contributed by atoms with Crippen LogP contribution in [0.3, 0.4) is 0 Å². The lowest BCUT2D eigenvalue weighted by Gasteiger charge is -2.28. The number of carbonyl (C=O) groups is 1. The first-order valence-electron chi connectivity index (χ1n) is 13.6. The minimum Gasteiger partial charge on any atom is -0.492 e. The molecule has 198 valence electrons. The second-order valence-corrected chi connectivity index (χ2v) is 10.3. The van der Waals surface area contributed by atoms with Crippen LogP contribution in [0.15, 0.2) is 30.6 Å². The fourth-order valence-electron chi connectivity index (χ4n) is 4.51. The lowest BCUT2D eigenvalue weighted by atomic mass is 9.88. The molecule has 1 aliphatic rings. The van der Waals surface area contributed by atoms with Crippen LogP contribution >= 0.6 is 11.6 Å². The van der Waals surface area contributed by atoms with Crippen LogP contribution < -0.4 is 4.74 Å². The normalized spacial score (nSPS) is 18.6. The highest BCUT2D eigenvalue weighted by atomic mass is 35.5. The highest BCUT2D eigenvalue weighted by Gasteiger charge is 2.27. The third-order valence-corrected chi connectivity index (χ3v) is 7.13. The standard InChI is InChI=1S/C29H40ClFN2O3/c1-3-5-7-8-9-22-18-32-28(33-19-22)23-13-16-27(25(30)17-23)35-20-21-11-14-24(15-12-21)36-29(34)26(31)10-6-4-2/h13,16-19,21,24,26H,3-12,14-15,20H2,1-2H3/t21?,24?,26-/m0/s1. The number of aromatic nitrogens is 2. The van der Waals surface area contributed by atoms with Crippen molar-refractivity contribution < 1.29 is 18.7 Å². The first-order chi connectivity index (χ1) is 17.5. The Labute approximate surface area is 220 Å². The van der Waals surface area contributed by atoms with Crippen LogP contribution in [-0.2, 0) is 16.0 Å². The fraction of sp³-hybridized carbons (Fsp3) is 0.621. The number of carbonyl (C=O) groups excluding carboxylic acids is 1. The number of esters is 1. The van der Waals surface area contributed by atoms with Gasteiger partial charge in [-0.2, -0.15) is 0 Å². The van der Waals surface area contributed by atoms with Crippen molar-refractivity contribution in [1.29, 1.82) is 0 Å². The number of unbranched alkanes of at least 4 members (excludes halogenated alkanes) is 4. The quantitative estimate of drug-likeness (QED) is 0.188. The van der Waals surface area contributed by atoms with E-state index in [0.717, 1.165) is 49.7 Å². The summed E-state index contributed by atoms with van der Waals surface area (Å²) in [7, 11) is 0. The molecule has 0 bridgehead atoms. The number of benzene rings is 1. The lowest BCUT2D eigenvalue weighted by Crippen LogP contribution is -2.30. The second-order valence-electron chi connectivity index (χ2n) is 9.87. The molecule has 0 amide bonds. The Morgan fingerprint density at radius 2 is 1.78 bits per heavy atom. The summed E-state index contributed by atoms with van der Waals surface area (Å²) in [6.07, 6.45) is 13.0. The van der Waals surface area contributed by atoms with Gasteiger partial charge in [0.05, 0.1) is 11.6 Å². The van der Waals surface area contributed by atoms with Crippen molar-refractivity contribution in [1.82, 2.24) is 9.97 Å². The average molecular weight is 519 g/mol. The van der Waals surface area contributed by atoms with Gasteiger partial charge in [-0.25, -0.2) is 19.2 Å². The van der Waals surface area contributed by atoms with Gasteiger partial charge in [0.15, 0.2) is 12.0 Å². The highest BCUT2D eigenvalue weighted by molar-refractivity contribution is 6.32. The summed E-state index contributed by atoms with van der Waals surface area (Å²) in [5.74, 6) is 0.933. The molecule has 0 N–H and O–H groups in total. The molecule has 1 fully saturated rings. The van der Waals surface area contributed by atoms with Crippen molar-refractivity contribution in [3.63, 3.8) is 0 Å². The van der Waals surface area contributed by atoms with Gasteiger partial charge in [-0.1, -0.05) is 57.6 Å². The molecule has 36 heavy (non-hydrogen) atoms. The number of hydrogen-bond acceptors (Lipinski definition) is 5.